The van der Waals surface area contributed by atoms with Crippen LogP contribution in [0.1, 0.15) is 45.4 Å². The molecule has 1 fully saturated rings. The third-order valence-electron chi connectivity index (χ3n) is 3.65. The summed E-state index contributed by atoms with van der Waals surface area (Å²) in [5.41, 5.74) is 0. The number of hydrogen-bond donors (Lipinski definition) is 4. The van der Waals surface area contributed by atoms with E-state index in [1.54, 1.807) is 0 Å². The Hall–Kier alpha value is -0.240. The summed E-state index contributed by atoms with van der Waals surface area (Å²) in [6.07, 6.45) is 0.966. The van der Waals surface area contributed by atoms with Gasteiger partial charge < -0.3 is 29.9 Å². The molecule has 0 bridgehead atoms. The number of aliphatic hydroxyl groups excluding tert-OH is 4. The molecule has 0 amide bonds. The quantitative estimate of drug-likeness (QED) is 0.452. The van der Waals surface area contributed by atoms with Crippen molar-refractivity contribution < 1.29 is 29.9 Å². The van der Waals surface area contributed by atoms with Crippen LogP contribution < -0.4 is 0 Å². The van der Waals surface area contributed by atoms with Crippen LogP contribution >= 0.6 is 0 Å². The molecule has 0 saturated carbocycles. The first kappa shape index (κ1) is 17.8. The Kier molecular flexibility index (Phi) is 8.60. The maximum atomic E-state index is 9.86. The van der Waals surface area contributed by atoms with Crippen LogP contribution in [0.25, 0.3) is 0 Å². The Balaban J connectivity index is 2.25. The van der Waals surface area contributed by atoms with E-state index in [1.165, 1.54) is 19.3 Å². The summed E-state index contributed by atoms with van der Waals surface area (Å²) in [7, 11) is 0. The van der Waals surface area contributed by atoms with Gasteiger partial charge in [-0.05, 0) is 6.42 Å². The van der Waals surface area contributed by atoms with Crippen molar-refractivity contribution >= 4 is 0 Å². The first-order chi connectivity index (χ1) is 9.61. The lowest BCUT2D eigenvalue weighted by Crippen LogP contribution is -2.59. The average molecular weight is 292 g/mol. The molecule has 0 radical (unpaired) electrons. The molecule has 6 heteroatoms. The van der Waals surface area contributed by atoms with Crippen molar-refractivity contribution in [1.82, 2.24) is 0 Å². The zero-order valence-electron chi connectivity index (χ0n) is 12.1. The molecule has 6 nitrogen and oxygen atoms in total. The van der Waals surface area contributed by atoms with Crippen LogP contribution in [-0.4, -0.2) is 64.3 Å². The monoisotopic (exact) mass is 292 g/mol. The van der Waals surface area contributed by atoms with E-state index >= 15 is 0 Å². The molecule has 0 aromatic carbocycles. The van der Waals surface area contributed by atoms with Gasteiger partial charge in [-0.25, -0.2) is 0 Å². The zero-order valence-corrected chi connectivity index (χ0v) is 12.1. The van der Waals surface area contributed by atoms with Gasteiger partial charge in [0, 0.05) is 6.61 Å². The highest BCUT2D eigenvalue weighted by molar-refractivity contribution is 4.89. The number of hydrogen-bond acceptors (Lipinski definition) is 6. The molecule has 1 aliphatic rings. The van der Waals surface area contributed by atoms with Crippen LogP contribution in [0.5, 0.6) is 0 Å². The van der Waals surface area contributed by atoms with Gasteiger partial charge in [-0.15, -0.1) is 0 Å². The minimum atomic E-state index is -1.49. The lowest BCUT2D eigenvalue weighted by Gasteiger charge is -2.40. The number of ether oxygens (including phenoxy) is 2. The molecule has 5 unspecified atom stereocenters. The maximum absolute atomic E-state index is 9.86. The van der Waals surface area contributed by atoms with E-state index < -0.39 is 30.7 Å². The van der Waals surface area contributed by atoms with Crippen LogP contribution in [0, 0.1) is 0 Å². The van der Waals surface area contributed by atoms with Crippen molar-refractivity contribution in [3.63, 3.8) is 0 Å². The Labute approximate surface area is 120 Å². The number of unbranched alkanes of at least 4 members (excludes halogenated alkanes) is 5. The molecular formula is C14H28O6. The average Bonchev–Trinajstić information content (AvgIpc) is 2.45. The minimum absolute atomic E-state index is 0.373. The Morgan fingerprint density at radius 3 is 2.25 bits per heavy atom. The van der Waals surface area contributed by atoms with Crippen LogP contribution in [0.4, 0.5) is 0 Å². The molecule has 1 heterocycles. The van der Waals surface area contributed by atoms with Gasteiger partial charge in [-0.3, -0.25) is 0 Å². The van der Waals surface area contributed by atoms with Crippen LogP contribution in [-0.2, 0) is 9.47 Å². The van der Waals surface area contributed by atoms with Crippen molar-refractivity contribution in [2.45, 2.75) is 76.2 Å². The van der Waals surface area contributed by atoms with Crippen molar-refractivity contribution in [2.24, 2.45) is 0 Å². The fourth-order valence-electron chi connectivity index (χ4n) is 2.37. The minimum Gasteiger partial charge on any atom is -0.394 e. The highest BCUT2D eigenvalue weighted by atomic mass is 16.6. The summed E-state index contributed by atoms with van der Waals surface area (Å²) >= 11 is 0. The molecule has 4 N–H and O–H groups in total. The van der Waals surface area contributed by atoms with E-state index in [1.807, 2.05) is 0 Å². The molecule has 120 valence electrons. The normalized spacial score (nSPS) is 34.4. The highest BCUT2D eigenvalue weighted by Gasteiger charge is 2.44. The van der Waals surface area contributed by atoms with Crippen molar-refractivity contribution in [3.8, 4) is 0 Å². The summed E-state index contributed by atoms with van der Waals surface area (Å²) in [6.45, 7) is 2.24. The SMILES string of the molecule is CCCCCCCCOC1C(CO)OC(O)C(O)C1O. The van der Waals surface area contributed by atoms with E-state index in [0.29, 0.717) is 6.61 Å². The second-order valence-corrected chi connectivity index (χ2v) is 5.33. The third kappa shape index (κ3) is 5.27. The van der Waals surface area contributed by atoms with Gasteiger partial charge in [0.25, 0.3) is 0 Å². The molecule has 20 heavy (non-hydrogen) atoms. The summed E-state index contributed by atoms with van der Waals surface area (Å²) < 4.78 is 10.5. The van der Waals surface area contributed by atoms with Crippen molar-refractivity contribution in [2.75, 3.05) is 13.2 Å². The zero-order chi connectivity index (χ0) is 15.0. The third-order valence-corrected chi connectivity index (χ3v) is 3.65. The summed E-state index contributed by atoms with van der Waals surface area (Å²) in [5.74, 6) is 0. The van der Waals surface area contributed by atoms with Gasteiger partial charge in [-0.2, -0.15) is 0 Å². The van der Waals surface area contributed by atoms with Gasteiger partial charge in [-0.1, -0.05) is 39.0 Å². The van der Waals surface area contributed by atoms with Gasteiger partial charge >= 0.3 is 0 Å². The molecule has 1 rings (SSSR count). The largest absolute Gasteiger partial charge is 0.394 e. The maximum Gasteiger partial charge on any atom is 0.184 e. The first-order valence-electron chi connectivity index (χ1n) is 7.54. The van der Waals surface area contributed by atoms with Gasteiger partial charge in [0.1, 0.15) is 24.4 Å². The Morgan fingerprint density at radius 2 is 1.60 bits per heavy atom. The first-order valence-corrected chi connectivity index (χ1v) is 7.54. The topological polar surface area (TPSA) is 99.4 Å². The molecule has 0 aliphatic carbocycles. The Morgan fingerprint density at radius 1 is 0.950 bits per heavy atom. The standard InChI is InChI=1S/C14H28O6/c1-2-3-4-5-6-7-8-19-13-10(9-15)20-14(18)12(17)11(13)16/h10-18H,2-9H2,1H3. The molecular weight excluding hydrogens is 264 g/mol. The smallest absolute Gasteiger partial charge is 0.184 e. The molecule has 5 atom stereocenters. The number of rotatable bonds is 9. The summed E-state index contributed by atoms with van der Waals surface area (Å²) in [4.78, 5) is 0. The van der Waals surface area contributed by atoms with E-state index in [9.17, 15) is 20.4 Å². The van der Waals surface area contributed by atoms with E-state index in [-0.39, 0.29) is 6.61 Å². The molecule has 1 saturated heterocycles. The van der Waals surface area contributed by atoms with Crippen molar-refractivity contribution in [3.05, 3.63) is 0 Å². The fourth-order valence-corrected chi connectivity index (χ4v) is 2.37. The second-order valence-electron chi connectivity index (χ2n) is 5.33. The second kappa shape index (κ2) is 9.65. The van der Waals surface area contributed by atoms with E-state index in [2.05, 4.69) is 6.92 Å². The van der Waals surface area contributed by atoms with Gasteiger partial charge in [0.2, 0.25) is 0 Å². The van der Waals surface area contributed by atoms with Crippen LogP contribution in [0.15, 0.2) is 0 Å². The molecule has 1 aliphatic heterocycles. The molecule has 0 aromatic heterocycles. The highest BCUT2D eigenvalue weighted by Crippen LogP contribution is 2.22. The molecule has 0 aromatic rings. The van der Waals surface area contributed by atoms with Crippen LogP contribution in [0.2, 0.25) is 0 Å². The predicted octanol–water partition coefficient (Wildman–Crippen LogP) is 0.163. The van der Waals surface area contributed by atoms with Crippen molar-refractivity contribution in [1.29, 1.82) is 0 Å². The number of aliphatic hydroxyl groups is 4. The molecule has 0 spiro atoms. The van der Waals surface area contributed by atoms with Gasteiger partial charge in [0.15, 0.2) is 6.29 Å². The lowest BCUT2D eigenvalue weighted by atomic mass is 9.99. The van der Waals surface area contributed by atoms with E-state index in [4.69, 9.17) is 9.47 Å². The van der Waals surface area contributed by atoms with Crippen LogP contribution in [0.3, 0.4) is 0 Å². The van der Waals surface area contributed by atoms with E-state index in [0.717, 1.165) is 19.3 Å². The fraction of sp³-hybridized carbons (Fsp3) is 1.00. The summed E-state index contributed by atoms with van der Waals surface area (Å²) in [6, 6.07) is 0. The Bertz CT molecular complexity index is 248. The van der Waals surface area contributed by atoms with Gasteiger partial charge in [0.05, 0.1) is 6.61 Å². The predicted molar refractivity (Wildman–Crippen MR) is 73.1 cm³/mol. The summed E-state index contributed by atoms with van der Waals surface area (Å²) in [5, 5.41) is 37.9. The lowest BCUT2D eigenvalue weighted by molar-refractivity contribution is -0.294.